The van der Waals surface area contributed by atoms with Crippen LogP contribution in [0.1, 0.15) is 11.1 Å². The molecule has 0 radical (unpaired) electrons. The minimum Gasteiger partial charge on any atom is -0.452 e. The summed E-state index contributed by atoms with van der Waals surface area (Å²) >= 11 is 5.91. The topological polar surface area (TPSA) is 85.4 Å². The first-order chi connectivity index (χ1) is 13.8. The number of hydrogen-bond donors (Lipinski definition) is 2. The van der Waals surface area contributed by atoms with E-state index in [0.717, 1.165) is 18.2 Å². The Morgan fingerprint density at radius 1 is 1.07 bits per heavy atom. The SMILES string of the molecule is N/N=C/c1ccc(Nc2ncc(C(F)(F)F)cc2Oc2ccc(F)cc2Cl)nc1. The van der Waals surface area contributed by atoms with Gasteiger partial charge in [0.2, 0.25) is 0 Å². The lowest BCUT2D eigenvalue weighted by Gasteiger charge is -2.15. The smallest absolute Gasteiger partial charge is 0.418 e. The molecule has 0 saturated carbocycles. The largest absolute Gasteiger partial charge is 0.452 e. The van der Waals surface area contributed by atoms with Crippen LogP contribution in [-0.2, 0) is 6.18 Å². The fourth-order valence-electron chi connectivity index (χ4n) is 2.21. The summed E-state index contributed by atoms with van der Waals surface area (Å²) in [5.74, 6) is 4.35. The maximum atomic E-state index is 13.2. The molecule has 0 aliphatic rings. The summed E-state index contributed by atoms with van der Waals surface area (Å²) in [5.41, 5.74) is -0.410. The van der Waals surface area contributed by atoms with Gasteiger partial charge in [0.25, 0.3) is 0 Å². The van der Waals surface area contributed by atoms with E-state index in [2.05, 4.69) is 20.4 Å². The molecule has 0 atom stereocenters. The predicted octanol–water partition coefficient (Wildman–Crippen LogP) is 5.12. The zero-order valence-corrected chi connectivity index (χ0v) is 15.2. The van der Waals surface area contributed by atoms with Gasteiger partial charge in [-0.05, 0) is 36.4 Å². The van der Waals surface area contributed by atoms with Crippen molar-refractivity contribution in [3.8, 4) is 11.5 Å². The Labute approximate surface area is 167 Å². The van der Waals surface area contributed by atoms with Gasteiger partial charge in [0, 0.05) is 18.0 Å². The highest BCUT2D eigenvalue weighted by Gasteiger charge is 2.32. The summed E-state index contributed by atoms with van der Waals surface area (Å²) in [4.78, 5) is 7.87. The fourth-order valence-corrected chi connectivity index (χ4v) is 2.42. The van der Waals surface area contributed by atoms with Crippen LogP contribution >= 0.6 is 11.6 Å². The van der Waals surface area contributed by atoms with Crippen molar-refractivity contribution in [3.05, 3.63) is 70.8 Å². The second kappa shape index (κ2) is 8.31. The third-order valence-corrected chi connectivity index (χ3v) is 3.85. The molecule has 1 aromatic carbocycles. The van der Waals surface area contributed by atoms with Crippen LogP contribution in [0, 0.1) is 5.82 Å². The normalized spacial score (nSPS) is 11.6. The summed E-state index contributed by atoms with van der Waals surface area (Å²) < 4.78 is 58.0. The van der Waals surface area contributed by atoms with Crippen molar-refractivity contribution in [1.82, 2.24) is 9.97 Å². The number of rotatable bonds is 5. The zero-order valence-electron chi connectivity index (χ0n) is 14.4. The quantitative estimate of drug-likeness (QED) is 0.256. The number of nitrogens with one attached hydrogen (secondary N) is 1. The Morgan fingerprint density at radius 2 is 1.86 bits per heavy atom. The van der Waals surface area contributed by atoms with E-state index in [1.807, 2.05) is 0 Å². The van der Waals surface area contributed by atoms with Gasteiger partial charge in [-0.25, -0.2) is 14.4 Å². The molecular weight excluding hydrogens is 414 g/mol. The van der Waals surface area contributed by atoms with Crippen LogP contribution in [0.4, 0.5) is 29.2 Å². The van der Waals surface area contributed by atoms with E-state index in [4.69, 9.17) is 22.2 Å². The van der Waals surface area contributed by atoms with Crippen molar-refractivity contribution in [2.24, 2.45) is 10.9 Å². The molecule has 3 aromatic rings. The van der Waals surface area contributed by atoms with Crippen LogP contribution in [0.5, 0.6) is 11.5 Å². The monoisotopic (exact) mass is 425 g/mol. The minimum absolute atomic E-state index is 0.0419. The van der Waals surface area contributed by atoms with Gasteiger partial charge in [-0.3, -0.25) is 0 Å². The van der Waals surface area contributed by atoms with Gasteiger partial charge in [-0.2, -0.15) is 18.3 Å². The number of benzene rings is 1. The number of nitrogens with two attached hydrogens (primary N) is 1. The number of hydrazone groups is 1. The average Bonchev–Trinajstić information content (AvgIpc) is 2.66. The Kier molecular flexibility index (Phi) is 5.83. The second-order valence-corrected chi connectivity index (χ2v) is 6.03. The van der Waals surface area contributed by atoms with Gasteiger partial charge >= 0.3 is 6.18 Å². The van der Waals surface area contributed by atoms with E-state index in [9.17, 15) is 17.6 Å². The molecule has 0 bridgehead atoms. The Balaban J connectivity index is 1.96. The van der Waals surface area contributed by atoms with Gasteiger partial charge in [-0.1, -0.05) is 11.6 Å². The molecule has 2 heterocycles. The molecule has 0 aliphatic heterocycles. The van der Waals surface area contributed by atoms with Crippen LogP contribution in [-0.4, -0.2) is 16.2 Å². The molecule has 0 fully saturated rings. The average molecular weight is 426 g/mol. The lowest BCUT2D eigenvalue weighted by Crippen LogP contribution is -2.08. The molecule has 11 heteroatoms. The number of aromatic nitrogens is 2. The molecule has 3 rings (SSSR count). The van der Waals surface area contributed by atoms with Crippen molar-refractivity contribution in [2.75, 3.05) is 5.32 Å². The van der Waals surface area contributed by atoms with Crippen molar-refractivity contribution in [2.45, 2.75) is 6.18 Å². The van der Waals surface area contributed by atoms with E-state index >= 15 is 0 Å². The van der Waals surface area contributed by atoms with E-state index in [1.165, 1.54) is 18.5 Å². The summed E-state index contributed by atoms with van der Waals surface area (Å²) in [6.07, 6.45) is -1.17. The van der Waals surface area contributed by atoms with E-state index in [-0.39, 0.29) is 28.2 Å². The predicted molar refractivity (Wildman–Crippen MR) is 100 cm³/mol. The van der Waals surface area contributed by atoms with Gasteiger partial charge in [0.1, 0.15) is 17.4 Å². The van der Waals surface area contributed by atoms with Crippen molar-refractivity contribution in [3.63, 3.8) is 0 Å². The van der Waals surface area contributed by atoms with E-state index in [0.29, 0.717) is 11.8 Å². The molecule has 29 heavy (non-hydrogen) atoms. The van der Waals surface area contributed by atoms with Crippen LogP contribution in [0.25, 0.3) is 0 Å². The Bertz CT molecular complexity index is 1040. The second-order valence-electron chi connectivity index (χ2n) is 5.63. The maximum Gasteiger partial charge on any atom is 0.418 e. The van der Waals surface area contributed by atoms with Crippen LogP contribution < -0.4 is 15.9 Å². The lowest BCUT2D eigenvalue weighted by molar-refractivity contribution is -0.137. The standard InChI is InChI=1S/C18H12ClF4N5O/c19-13-6-12(20)2-3-14(13)29-15-5-11(18(21,22)23)9-26-17(15)28-16-4-1-10(7-25-16)8-27-24/h1-9H,24H2,(H,25,26,28)/b27-8+. The van der Waals surface area contributed by atoms with Gasteiger partial charge in [0.15, 0.2) is 11.6 Å². The van der Waals surface area contributed by atoms with Crippen LogP contribution in [0.3, 0.4) is 0 Å². The first-order valence-corrected chi connectivity index (χ1v) is 8.30. The number of nitrogens with zero attached hydrogens (tertiary/aromatic N) is 3. The van der Waals surface area contributed by atoms with E-state index < -0.39 is 17.6 Å². The molecule has 0 unspecified atom stereocenters. The molecule has 150 valence electrons. The highest BCUT2D eigenvalue weighted by atomic mass is 35.5. The van der Waals surface area contributed by atoms with E-state index in [1.54, 1.807) is 12.1 Å². The maximum absolute atomic E-state index is 13.2. The third kappa shape index (κ3) is 5.11. The highest BCUT2D eigenvalue weighted by Crippen LogP contribution is 2.38. The molecule has 0 saturated heterocycles. The zero-order chi connectivity index (χ0) is 21.0. The van der Waals surface area contributed by atoms with Gasteiger partial charge in [0.05, 0.1) is 16.8 Å². The van der Waals surface area contributed by atoms with Crippen LogP contribution in [0.2, 0.25) is 5.02 Å². The highest BCUT2D eigenvalue weighted by molar-refractivity contribution is 6.32. The third-order valence-electron chi connectivity index (χ3n) is 3.55. The fraction of sp³-hybridized carbons (Fsp3) is 0.0556. The van der Waals surface area contributed by atoms with Crippen molar-refractivity contribution < 1.29 is 22.3 Å². The first-order valence-electron chi connectivity index (χ1n) is 7.93. The Morgan fingerprint density at radius 3 is 2.48 bits per heavy atom. The number of pyridine rings is 2. The lowest BCUT2D eigenvalue weighted by atomic mass is 10.2. The molecule has 0 amide bonds. The molecule has 2 aromatic heterocycles. The summed E-state index contributed by atoms with van der Waals surface area (Å²) in [7, 11) is 0. The summed E-state index contributed by atoms with van der Waals surface area (Å²) in [5, 5.41) is 6.01. The number of hydrogen-bond acceptors (Lipinski definition) is 6. The molecule has 6 nitrogen and oxygen atoms in total. The number of ether oxygens (including phenoxy) is 1. The number of halogens is 5. The first kappa shape index (κ1) is 20.3. The van der Waals surface area contributed by atoms with Crippen molar-refractivity contribution in [1.29, 1.82) is 0 Å². The number of anilines is 2. The molecule has 0 aliphatic carbocycles. The number of alkyl halides is 3. The van der Waals surface area contributed by atoms with Gasteiger partial charge < -0.3 is 15.9 Å². The van der Waals surface area contributed by atoms with Crippen molar-refractivity contribution >= 4 is 29.5 Å². The minimum atomic E-state index is -4.64. The molecular formula is C18H12ClF4N5O. The van der Waals surface area contributed by atoms with Gasteiger partial charge in [-0.15, -0.1) is 0 Å². The molecule has 3 N–H and O–H groups in total. The molecule has 0 spiro atoms. The Hall–Kier alpha value is -3.40. The van der Waals surface area contributed by atoms with Crippen LogP contribution in [0.15, 0.2) is 53.9 Å². The summed E-state index contributed by atoms with van der Waals surface area (Å²) in [6.45, 7) is 0. The summed E-state index contributed by atoms with van der Waals surface area (Å²) in [6, 6.07) is 7.17.